The Morgan fingerprint density at radius 3 is 2.50 bits per heavy atom. The van der Waals surface area contributed by atoms with Gasteiger partial charge >= 0.3 is 6.01 Å². The lowest BCUT2D eigenvalue weighted by atomic mass is 10.4. The van der Waals surface area contributed by atoms with Crippen LogP contribution in [-0.4, -0.2) is 36.8 Å². The summed E-state index contributed by atoms with van der Waals surface area (Å²) in [6.07, 6.45) is 1.47. The Balaban J connectivity index is 2.53. The van der Waals surface area contributed by atoms with Crippen LogP contribution in [-0.2, 0) is 12.8 Å². The molecule has 0 aliphatic rings. The van der Waals surface area contributed by atoms with Gasteiger partial charge < -0.3 is 10.5 Å². The zero-order valence-electron chi connectivity index (χ0n) is 10.6. The lowest BCUT2D eigenvalue weighted by Crippen LogP contribution is -2.11. The smallest absolute Gasteiger partial charge is 0.322 e. The normalized spacial score (nSPS) is 10.6. The molecular weight excluding hydrogens is 234 g/mol. The second-order valence-electron chi connectivity index (χ2n) is 3.54. The Labute approximate surface area is 104 Å². The van der Waals surface area contributed by atoms with Crippen LogP contribution in [0, 0.1) is 0 Å². The summed E-state index contributed by atoms with van der Waals surface area (Å²) in [7, 11) is 1.47. The van der Waals surface area contributed by atoms with E-state index in [-0.39, 0.29) is 12.0 Å². The van der Waals surface area contributed by atoms with Gasteiger partial charge in [-0.15, -0.1) is 5.10 Å². The summed E-state index contributed by atoms with van der Waals surface area (Å²) in [6.45, 7) is 3.98. The molecule has 0 aliphatic heterocycles. The first kappa shape index (κ1) is 12.2. The van der Waals surface area contributed by atoms with Gasteiger partial charge in [-0.3, -0.25) is 0 Å². The molecule has 0 saturated carbocycles. The van der Waals surface area contributed by atoms with Crippen LogP contribution in [0.15, 0.2) is 0 Å². The molecule has 2 heterocycles. The van der Waals surface area contributed by atoms with E-state index >= 15 is 0 Å². The summed E-state index contributed by atoms with van der Waals surface area (Å²) in [5, 5.41) is 4.33. The zero-order valence-corrected chi connectivity index (χ0v) is 10.6. The molecule has 0 saturated heterocycles. The maximum atomic E-state index is 5.60. The van der Waals surface area contributed by atoms with Crippen LogP contribution in [0.1, 0.15) is 25.5 Å². The quantitative estimate of drug-likeness (QED) is 0.823. The van der Waals surface area contributed by atoms with Gasteiger partial charge in [0.2, 0.25) is 5.95 Å². The van der Waals surface area contributed by atoms with E-state index in [2.05, 4.69) is 25.0 Å². The molecule has 2 aromatic rings. The maximum Gasteiger partial charge on any atom is 0.322 e. The van der Waals surface area contributed by atoms with E-state index in [9.17, 15) is 0 Å². The van der Waals surface area contributed by atoms with Gasteiger partial charge in [0.1, 0.15) is 5.82 Å². The molecule has 0 radical (unpaired) electrons. The number of ether oxygens (including phenoxy) is 1. The third-order valence-electron chi connectivity index (χ3n) is 2.34. The van der Waals surface area contributed by atoms with Crippen LogP contribution in [0.5, 0.6) is 6.01 Å². The van der Waals surface area contributed by atoms with Gasteiger partial charge in [0.15, 0.2) is 5.82 Å². The van der Waals surface area contributed by atoms with Gasteiger partial charge in [0, 0.05) is 12.8 Å². The maximum absolute atomic E-state index is 5.60. The number of aromatic nitrogens is 6. The Hall–Kier alpha value is -2.25. The van der Waals surface area contributed by atoms with Crippen LogP contribution in [0.4, 0.5) is 5.95 Å². The molecule has 0 atom stereocenters. The minimum atomic E-state index is 0.0902. The van der Waals surface area contributed by atoms with Crippen molar-refractivity contribution in [3.63, 3.8) is 0 Å². The molecule has 0 fully saturated rings. The largest absolute Gasteiger partial charge is 0.467 e. The molecule has 0 unspecified atom stereocenters. The highest BCUT2D eigenvalue weighted by molar-refractivity contribution is 5.25. The summed E-state index contributed by atoms with van der Waals surface area (Å²) in [6, 6.07) is 0.160. The average Bonchev–Trinajstić information content (AvgIpc) is 2.81. The average molecular weight is 249 g/mol. The minimum Gasteiger partial charge on any atom is -0.467 e. The predicted octanol–water partition coefficient (Wildman–Crippen LogP) is 0.168. The lowest BCUT2D eigenvalue weighted by Gasteiger charge is -2.04. The van der Waals surface area contributed by atoms with E-state index in [0.29, 0.717) is 5.95 Å². The molecule has 8 heteroatoms. The number of methoxy groups -OCH3 is 1. The molecule has 0 bridgehead atoms. The van der Waals surface area contributed by atoms with Crippen molar-refractivity contribution in [2.75, 3.05) is 12.8 Å². The van der Waals surface area contributed by atoms with Gasteiger partial charge in [-0.1, -0.05) is 13.8 Å². The Morgan fingerprint density at radius 2 is 1.89 bits per heavy atom. The monoisotopic (exact) mass is 249 g/mol. The SMILES string of the molecule is CCc1nc(CC)n(-c2nc(N)nc(OC)n2)n1. The van der Waals surface area contributed by atoms with Crippen LogP contribution in [0.25, 0.3) is 5.95 Å². The Bertz CT molecular complexity index is 551. The Kier molecular flexibility index (Phi) is 3.35. The number of nitrogens with two attached hydrogens (primary N) is 1. The molecule has 18 heavy (non-hydrogen) atoms. The first-order chi connectivity index (χ1) is 8.67. The molecule has 0 aliphatic carbocycles. The minimum absolute atomic E-state index is 0.0902. The summed E-state index contributed by atoms with van der Waals surface area (Å²) in [4.78, 5) is 16.4. The molecule has 0 amide bonds. The second-order valence-corrected chi connectivity index (χ2v) is 3.54. The summed E-state index contributed by atoms with van der Waals surface area (Å²) >= 11 is 0. The van der Waals surface area contributed by atoms with Crippen LogP contribution in [0.2, 0.25) is 0 Å². The fraction of sp³-hybridized carbons (Fsp3) is 0.500. The van der Waals surface area contributed by atoms with Gasteiger partial charge in [-0.2, -0.15) is 19.6 Å². The van der Waals surface area contributed by atoms with Crippen LogP contribution >= 0.6 is 0 Å². The van der Waals surface area contributed by atoms with Crippen molar-refractivity contribution in [2.45, 2.75) is 26.7 Å². The number of hydrogen-bond donors (Lipinski definition) is 1. The van der Waals surface area contributed by atoms with E-state index in [0.717, 1.165) is 24.5 Å². The number of nitrogen functional groups attached to an aromatic ring is 1. The second kappa shape index (κ2) is 4.94. The number of aryl methyl sites for hydroxylation is 2. The van der Waals surface area contributed by atoms with E-state index in [1.54, 1.807) is 4.68 Å². The van der Waals surface area contributed by atoms with Crippen molar-refractivity contribution < 1.29 is 4.74 Å². The molecule has 0 aromatic carbocycles. The number of hydrogen-bond acceptors (Lipinski definition) is 7. The van der Waals surface area contributed by atoms with Gasteiger partial charge in [0.25, 0.3) is 5.95 Å². The number of nitrogens with zero attached hydrogens (tertiary/aromatic N) is 6. The molecule has 2 aromatic heterocycles. The third-order valence-corrected chi connectivity index (χ3v) is 2.34. The lowest BCUT2D eigenvalue weighted by molar-refractivity contribution is 0.377. The molecule has 2 N–H and O–H groups in total. The van der Waals surface area contributed by atoms with Gasteiger partial charge in [-0.05, 0) is 0 Å². The van der Waals surface area contributed by atoms with E-state index < -0.39 is 0 Å². The highest BCUT2D eigenvalue weighted by atomic mass is 16.5. The molecule has 2 rings (SSSR count). The van der Waals surface area contributed by atoms with Gasteiger partial charge in [0.05, 0.1) is 7.11 Å². The van der Waals surface area contributed by atoms with Crippen molar-refractivity contribution in [3.8, 4) is 12.0 Å². The molecule has 8 nitrogen and oxygen atoms in total. The topological polar surface area (TPSA) is 105 Å². The summed E-state index contributed by atoms with van der Waals surface area (Å²) in [5.74, 6) is 1.93. The fourth-order valence-electron chi connectivity index (χ4n) is 1.48. The van der Waals surface area contributed by atoms with Crippen molar-refractivity contribution in [1.82, 2.24) is 29.7 Å². The number of anilines is 1. The first-order valence-corrected chi connectivity index (χ1v) is 5.68. The number of rotatable bonds is 4. The van der Waals surface area contributed by atoms with Crippen molar-refractivity contribution in [3.05, 3.63) is 11.6 Å². The molecule has 96 valence electrons. The fourth-order valence-corrected chi connectivity index (χ4v) is 1.48. The van der Waals surface area contributed by atoms with Gasteiger partial charge in [-0.25, -0.2) is 4.98 Å². The van der Waals surface area contributed by atoms with Crippen molar-refractivity contribution >= 4 is 5.95 Å². The first-order valence-electron chi connectivity index (χ1n) is 5.68. The summed E-state index contributed by atoms with van der Waals surface area (Å²) < 4.78 is 6.53. The third kappa shape index (κ3) is 2.22. The van der Waals surface area contributed by atoms with Crippen molar-refractivity contribution in [1.29, 1.82) is 0 Å². The standard InChI is InChI=1S/C10H15N7O/c1-4-6-12-7(5-2)17(16-6)9-13-8(11)14-10(15-9)18-3/h4-5H2,1-3H3,(H2,11,13,14,15). The van der Waals surface area contributed by atoms with E-state index in [1.165, 1.54) is 7.11 Å². The van der Waals surface area contributed by atoms with Crippen LogP contribution < -0.4 is 10.5 Å². The van der Waals surface area contributed by atoms with E-state index in [1.807, 2.05) is 13.8 Å². The zero-order chi connectivity index (χ0) is 13.1. The molecular formula is C10H15N7O. The summed E-state index contributed by atoms with van der Waals surface area (Å²) in [5.41, 5.74) is 5.60. The Morgan fingerprint density at radius 1 is 1.11 bits per heavy atom. The molecule has 0 spiro atoms. The van der Waals surface area contributed by atoms with Crippen LogP contribution in [0.3, 0.4) is 0 Å². The van der Waals surface area contributed by atoms with E-state index in [4.69, 9.17) is 10.5 Å². The predicted molar refractivity (Wildman–Crippen MR) is 64.5 cm³/mol. The highest BCUT2D eigenvalue weighted by Gasteiger charge is 2.13. The highest BCUT2D eigenvalue weighted by Crippen LogP contribution is 2.11. The van der Waals surface area contributed by atoms with Crippen molar-refractivity contribution in [2.24, 2.45) is 0 Å².